The number of para-hydroxylation sites is 1. The Bertz CT molecular complexity index is 678. The van der Waals surface area contributed by atoms with E-state index in [0.717, 1.165) is 35.0 Å². The number of hydrogen-bond acceptors (Lipinski definition) is 1. The summed E-state index contributed by atoms with van der Waals surface area (Å²) in [4.78, 5) is 16.3. The number of carbonyl (C=O) groups is 1. The first-order chi connectivity index (χ1) is 10.5. The third kappa shape index (κ3) is 2.65. The predicted molar refractivity (Wildman–Crippen MR) is 91.1 cm³/mol. The van der Waals surface area contributed by atoms with Gasteiger partial charge in [-0.25, -0.2) is 0 Å². The highest BCUT2D eigenvalue weighted by atomic mass is 16.2. The number of aryl methyl sites for hydroxylation is 1. The Morgan fingerprint density at radius 1 is 1.18 bits per heavy atom. The molecule has 0 spiro atoms. The fourth-order valence-corrected chi connectivity index (χ4v) is 3.81. The minimum atomic E-state index is -0.527. The molecular weight excluding hydrogens is 272 g/mol. The summed E-state index contributed by atoms with van der Waals surface area (Å²) in [5.41, 5.74) is 2.79. The van der Waals surface area contributed by atoms with Crippen LogP contribution in [0.5, 0.6) is 0 Å². The molecule has 3 nitrogen and oxygen atoms in total. The van der Waals surface area contributed by atoms with Gasteiger partial charge in [0.25, 0.3) is 0 Å². The van der Waals surface area contributed by atoms with E-state index in [9.17, 15) is 4.79 Å². The highest BCUT2D eigenvalue weighted by molar-refractivity contribution is 5.95. The number of nitrogens with one attached hydrogen (secondary N) is 2. The monoisotopic (exact) mass is 298 g/mol. The van der Waals surface area contributed by atoms with Gasteiger partial charge in [0.15, 0.2) is 0 Å². The van der Waals surface area contributed by atoms with Crippen molar-refractivity contribution in [2.75, 3.05) is 0 Å². The second-order valence-electron chi connectivity index (χ2n) is 7.10. The highest BCUT2D eigenvalue weighted by Crippen LogP contribution is 2.34. The number of carbonyl (C=O) groups excluding carboxylic acids is 1. The van der Waals surface area contributed by atoms with Crippen LogP contribution in [0.25, 0.3) is 10.9 Å². The van der Waals surface area contributed by atoms with Gasteiger partial charge in [-0.1, -0.05) is 37.5 Å². The zero-order chi connectivity index (χ0) is 15.7. The Kier molecular flexibility index (Phi) is 3.98. The molecule has 1 aromatic carbocycles. The third-order valence-corrected chi connectivity index (χ3v) is 5.03. The molecule has 1 heterocycles. The van der Waals surface area contributed by atoms with Gasteiger partial charge in [-0.3, -0.25) is 4.79 Å². The van der Waals surface area contributed by atoms with E-state index in [1.807, 2.05) is 26.0 Å². The Hall–Kier alpha value is -1.77. The number of amides is 1. The fourth-order valence-electron chi connectivity index (χ4n) is 3.81. The second kappa shape index (κ2) is 5.79. The average molecular weight is 298 g/mol. The summed E-state index contributed by atoms with van der Waals surface area (Å²) < 4.78 is 0. The SMILES string of the molecule is Cc1[nH]c2ccccc2c1C(C)(C)C(=O)NC1CCCCC1. The third-order valence-electron chi connectivity index (χ3n) is 5.03. The summed E-state index contributed by atoms with van der Waals surface area (Å²) >= 11 is 0. The minimum absolute atomic E-state index is 0.146. The molecule has 1 aromatic heterocycles. The molecule has 0 aliphatic heterocycles. The zero-order valence-corrected chi connectivity index (χ0v) is 13.8. The van der Waals surface area contributed by atoms with Gasteiger partial charge < -0.3 is 10.3 Å². The Labute approximate surface area is 132 Å². The fraction of sp³-hybridized carbons (Fsp3) is 0.526. The maximum atomic E-state index is 12.9. The molecule has 2 aromatic rings. The standard InChI is InChI=1S/C19H26N2O/c1-13-17(15-11-7-8-12-16(15)20-13)19(2,3)18(22)21-14-9-5-4-6-10-14/h7-8,11-12,14,20H,4-6,9-10H2,1-3H3,(H,21,22). The molecular formula is C19H26N2O. The topological polar surface area (TPSA) is 44.9 Å². The van der Waals surface area contributed by atoms with Gasteiger partial charge in [0, 0.05) is 22.6 Å². The molecule has 22 heavy (non-hydrogen) atoms. The van der Waals surface area contributed by atoms with Crippen molar-refractivity contribution >= 4 is 16.8 Å². The molecule has 118 valence electrons. The van der Waals surface area contributed by atoms with Gasteiger partial charge in [-0.15, -0.1) is 0 Å². The largest absolute Gasteiger partial charge is 0.358 e. The van der Waals surface area contributed by atoms with Gasteiger partial charge >= 0.3 is 0 Å². The van der Waals surface area contributed by atoms with Gasteiger partial charge in [0.1, 0.15) is 0 Å². The molecule has 2 N–H and O–H groups in total. The lowest BCUT2D eigenvalue weighted by Gasteiger charge is -2.30. The summed E-state index contributed by atoms with van der Waals surface area (Å²) in [5.74, 6) is 0.146. The summed E-state index contributed by atoms with van der Waals surface area (Å²) in [6, 6.07) is 8.59. The van der Waals surface area contributed by atoms with Crippen LogP contribution in [0, 0.1) is 6.92 Å². The lowest BCUT2D eigenvalue weighted by atomic mass is 9.81. The zero-order valence-electron chi connectivity index (χ0n) is 13.8. The van der Waals surface area contributed by atoms with Crippen molar-refractivity contribution in [1.29, 1.82) is 0 Å². The van der Waals surface area contributed by atoms with Crippen molar-refractivity contribution in [3.05, 3.63) is 35.5 Å². The summed E-state index contributed by atoms with van der Waals surface area (Å²) in [6.07, 6.45) is 6.01. The van der Waals surface area contributed by atoms with Crippen LogP contribution in [0.1, 0.15) is 57.2 Å². The molecule has 0 atom stereocenters. The van der Waals surface area contributed by atoms with Gasteiger partial charge in [0.2, 0.25) is 5.91 Å². The lowest BCUT2D eigenvalue weighted by molar-refractivity contribution is -0.126. The number of benzene rings is 1. The van der Waals surface area contributed by atoms with Crippen LogP contribution in [0.3, 0.4) is 0 Å². The molecule has 1 amide bonds. The normalized spacial score (nSPS) is 16.9. The summed E-state index contributed by atoms with van der Waals surface area (Å²) in [6.45, 7) is 6.13. The lowest BCUT2D eigenvalue weighted by Crippen LogP contribution is -2.46. The van der Waals surface area contributed by atoms with Crippen molar-refractivity contribution in [3.63, 3.8) is 0 Å². The maximum absolute atomic E-state index is 12.9. The average Bonchev–Trinajstić information content (AvgIpc) is 2.84. The van der Waals surface area contributed by atoms with E-state index < -0.39 is 5.41 Å². The molecule has 1 aliphatic carbocycles. The van der Waals surface area contributed by atoms with Crippen molar-refractivity contribution in [1.82, 2.24) is 10.3 Å². The highest BCUT2D eigenvalue weighted by Gasteiger charge is 2.35. The molecule has 1 saturated carbocycles. The molecule has 0 radical (unpaired) electrons. The van der Waals surface area contributed by atoms with Crippen molar-refractivity contribution < 1.29 is 4.79 Å². The van der Waals surface area contributed by atoms with Gasteiger partial charge in [-0.05, 0) is 45.2 Å². The molecule has 0 saturated heterocycles. The first kappa shape index (κ1) is 15.1. The Morgan fingerprint density at radius 2 is 1.86 bits per heavy atom. The number of rotatable bonds is 3. The first-order valence-electron chi connectivity index (χ1n) is 8.39. The molecule has 1 aliphatic rings. The molecule has 3 rings (SSSR count). The van der Waals surface area contributed by atoms with E-state index in [1.54, 1.807) is 0 Å². The van der Waals surface area contributed by atoms with E-state index in [-0.39, 0.29) is 5.91 Å². The number of H-pyrrole nitrogens is 1. The van der Waals surface area contributed by atoms with Crippen LogP contribution >= 0.6 is 0 Å². The van der Waals surface area contributed by atoms with Crippen LogP contribution in [0.15, 0.2) is 24.3 Å². The van der Waals surface area contributed by atoms with E-state index in [4.69, 9.17) is 0 Å². The maximum Gasteiger partial charge on any atom is 0.230 e. The van der Waals surface area contributed by atoms with Crippen molar-refractivity contribution in [2.45, 2.75) is 64.3 Å². The van der Waals surface area contributed by atoms with Crippen LogP contribution in [-0.4, -0.2) is 16.9 Å². The number of aromatic amines is 1. The van der Waals surface area contributed by atoms with Gasteiger partial charge in [-0.2, -0.15) is 0 Å². The molecule has 0 bridgehead atoms. The predicted octanol–water partition coefficient (Wildman–Crippen LogP) is 4.20. The van der Waals surface area contributed by atoms with Crippen LogP contribution < -0.4 is 5.32 Å². The Morgan fingerprint density at radius 3 is 2.59 bits per heavy atom. The molecule has 0 unspecified atom stereocenters. The second-order valence-corrected chi connectivity index (χ2v) is 7.10. The van der Waals surface area contributed by atoms with E-state index >= 15 is 0 Å². The van der Waals surface area contributed by atoms with Gasteiger partial charge in [0.05, 0.1) is 5.41 Å². The summed E-state index contributed by atoms with van der Waals surface area (Å²) in [5, 5.41) is 4.44. The molecule has 3 heteroatoms. The van der Waals surface area contributed by atoms with Crippen molar-refractivity contribution in [2.24, 2.45) is 0 Å². The minimum Gasteiger partial charge on any atom is -0.358 e. The van der Waals surface area contributed by atoms with E-state index in [1.165, 1.54) is 19.3 Å². The van der Waals surface area contributed by atoms with Crippen LogP contribution in [-0.2, 0) is 10.2 Å². The molecule has 1 fully saturated rings. The first-order valence-corrected chi connectivity index (χ1v) is 8.39. The van der Waals surface area contributed by atoms with Crippen LogP contribution in [0.2, 0.25) is 0 Å². The quantitative estimate of drug-likeness (QED) is 0.876. The van der Waals surface area contributed by atoms with Crippen molar-refractivity contribution in [3.8, 4) is 0 Å². The van der Waals surface area contributed by atoms with E-state index in [0.29, 0.717) is 6.04 Å². The number of fused-ring (bicyclic) bond motifs is 1. The number of hydrogen-bond donors (Lipinski definition) is 2. The Balaban J connectivity index is 1.90. The van der Waals surface area contributed by atoms with Crippen LogP contribution in [0.4, 0.5) is 0 Å². The van der Waals surface area contributed by atoms with E-state index in [2.05, 4.69) is 29.4 Å². The number of aromatic nitrogens is 1. The smallest absolute Gasteiger partial charge is 0.230 e. The summed E-state index contributed by atoms with van der Waals surface area (Å²) in [7, 11) is 0.